The van der Waals surface area contributed by atoms with E-state index >= 15 is 0 Å². The summed E-state index contributed by atoms with van der Waals surface area (Å²) in [7, 11) is 1.68. The van der Waals surface area contributed by atoms with Gasteiger partial charge in [0.25, 0.3) is 5.91 Å². The van der Waals surface area contributed by atoms with Crippen LogP contribution < -0.4 is 5.32 Å². The molecule has 1 atom stereocenters. The molecule has 2 rings (SSSR count). The van der Waals surface area contributed by atoms with Crippen molar-refractivity contribution in [2.45, 2.75) is 31.7 Å². The average molecular weight is 321 g/mol. The third-order valence-electron chi connectivity index (χ3n) is 4.11. The van der Waals surface area contributed by atoms with Crippen LogP contribution in [0.1, 0.15) is 41.9 Å². The first-order valence-corrected chi connectivity index (χ1v) is 7.74. The van der Waals surface area contributed by atoms with Crippen LogP contribution in [0.2, 0.25) is 0 Å². The predicted octanol–water partition coefficient (Wildman–Crippen LogP) is 1.33. The molecule has 1 aliphatic heterocycles. The number of rotatable bonds is 6. The van der Waals surface area contributed by atoms with Gasteiger partial charge in [0.1, 0.15) is 5.76 Å². The Balaban J connectivity index is 1.95. The minimum absolute atomic E-state index is 0.172. The van der Waals surface area contributed by atoms with Gasteiger partial charge in [-0.15, -0.1) is 0 Å². The fraction of sp³-hybridized carbons (Fsp3) is 0.562. The van der Waals surface area contributed by atoms with E-state index in [0.717, 1.165) is 18.6 Å². The first-order chi connectivity index (χ1) is 11.0. The third-order valence-corrected chi connectivity index (χ3v) is 4.11. The zero-order chi connectivity index (χ0) is 16.8. The summed E-state index contributed by atoms with van der Waals surface area (Å²) in [5.74, 6) is 0.499. The lowest BCUT2D eigenvalue weighted by Gasteiger charge is -2.24. The van der Waals surface area contributed by atoms with Crippen LogP contribution in [0.5, 0.6) is 0 Å². The fourth-order valence-corrected chi connectivity index (χ4v) is 2.40. The van der Waals surface area contributed by atoms with Crippen molar-refractivity contribution in [2.75, 3.05) is 26.8 Å². The van der Waals surface area contributed by atoms with Crippen molar-refractivity contribution in [3.05, 3.63) is 30.2 Å². The number of carbonyl (C=O) groups is 2. The Morgan fingerprint density at radius 3 is 2.87 bits per heavy atom. The summed E-state index contributed by atoms with van der Waals surface area (Å²) in [6.45, 7) is 6.99. The molecule has 0 saturated carbocycles. The maximum atomic E-state index is 12.4. The molecule has 0 aliphatic carbocycles. The van der Waals surface area contributed by atoms with E-state index in [2.05, 4.69) is 17.1 Å². The number of aromatic nitrogens is 1. The second-order valence-corrected chi connectivity index (χ2v) is 5.72. The molecule has 0 bridgehead atoms. The quantitative estimate of drug-likeness (QED) is 0.799. The zero-order valence-corrected chi connectivity index (χ0v) is 13.6. The summed E-state index contributed by atoms with van der Waals surface area (Å²) in [6.07, 6.45) is 2.96. The molecule has 1 fully saturated rings. The number of amides is 2. The van der Waals surface area contributed by atoms with Gasteiger partial charge in [-0.1, -0.05) is 11.7 Å². The van der Waals surface area contributed by atoms with Gasteiger partial charge in [0.2, 0.25) is 5.91 Å². The smallest absolute Gasteiger partial charge is 0.276 e. The number of likely N-dealkylation sites (N-methyl/N-ethyl adjacent to an activating group) is 1. The first kappa shape index (κ1) is 17.2. The van der Waals surface area contributed by atoms with Crippen molar-refractivity contribution in [1.29, 1.82) is 0 Å². The van der Waals surface area contributed by atoms with E-state index in [4.69, 9.17) is 9.26 Å². The molecule has 126 valence electrons. The molecule has 7 nitrogen and oxygen atoms in total. The minimum Gasteiger partial charge on any atom is -0.381 e. The molecule has 0 spiro atoms. The topological polar surface area (TPSA) is 84.7 Å². The molecule has 2 heterocycles. The van der Waals surface area contributed by atoms with E-state index in [9.17, 15) is 9.59 Å². The zero-order valence-electron chi connectivity index (χ0n) is 13.6. The predicted molar refractivity (Wildman–Crippen MR) is 84.1 cm³/mol. The van der Waals surface area contributed by atoms with Crippen molar-refractivity contribution in [2.24, 2.45) is 0 Å². The van der Waals surface area contributed by atoms with Gasteiger partial charge in [0, 0.05) is 44.8 Å². The molecule has 7 heteroatoms. The van der Waals surface area contributed by atoms with Crippen molar-refractivity contribution in [1.82, 2.24) is 15.4 Å². The number of carbonyl (C=O) groups excluding carboxylic acids is 2. The maximum Gasteiger partial charge on any atom is 0.276 e. The average Bonchev–Trinajstić information content (AvgIpc) is 3.08. The maximum absolute atomic E-state index is 12.4. The van der Waals surface area contributed by atoms with Crippen molar-refractivity contribution in [3.63, 3.8) is 0 Å². The van der Waals surface area contributed by atoms with Gasteiger partial charge in [-0.3, -0.25) is 9.59 Å². The Morgan fingerprint density at radius 1 is 1.52 bits per heavy atom. The Morgan fingerprint density at radius 2 is 2.22 bits per heavy atom. The molecule has 1 N–H and O–H groups in total. The summed E-state index contributed by atoms with van der Waals surface area (Å²) in [5, 5.41) is 6.56. The van der Waals surface area contributed by atoms with Gasteiger partial charge in [0.15, 0.2) is 5.69 Å². The molecule has 1 unspecified atom stereocenters. The van der Waals surface area contributed by atoms with Crippen molar-refractivity contribution < 1.29 is 18.8 Å². The Hall–Kier alpha value is -2.15. The van der Waals surface area contributed by atoms with E-state index in [-0.39, 0.29) is 29.5 Å². The molecule has 1 saturated heterocycles. The molecule has 23 heavy (non-hydrogen) atoms. The number of ether oxygens (including phenoxy) is 1. The summed E-state index contributed by atoms with van der Waals surface area (Å²) in [4.78, 5) is 25.2. The summed E-state index contributed by atoms with van der Waals surface area (Å²) in [6, 6.07) is 1.54. The number of nitrogens with one attached hydrogen (secondary N) is 1. The Kier molecular flexibility index (Phi) is 5.92. The van der Waals surface area contributed by atoms with Crippen LogP contribution in [-0.4, -0.2) is 54.7 Å². The largest absolute Gasteiger partial charge is 0.381 e. The van der Waals surface area contributed by atoms with Crippen LogP contribution in [0.4, 0.5) is 0 Å². The highest BCUT2D eigenvalue weighted by Crippen LogP contribution is 2.27. The van der Waals surface area contributed by atoms with E-state index in [1.807, 2.05) is 6.92 Å². The van der Waals surface area contributed by atoms with Crippen LogP contribution >= 0.6 is 0 Å². The second kappa shape index (κ2) is 7.92. The van der Waals surface area contributed by atoms with E-state index in [1.165, 1.54) is 11.0 Å². The SMILES string of the molecule is C=CC(=O)NCC(C)N(C)C(=O)c1cc(C2CCOCC2)on1. The van der Waals surface area contributed by atoms with Crippen LogP contribution in [0, 0.1) is 0 Å². The molecule has 1 aliphatic rings. The lowest BCUT2D eigenvalue weighted by Crippen LogP contribution is -2.42. The third kappa shape index (κ3) is 4.41. The van der Waals surface area contributed by atoms with Crippen LogP contribution in [0.3, 0.4) is 0 Å². The number of hydrogen-bond acceptors (Lipinski definition) is 5. The molecule has 1 aromatic heterocycles. The first-order valence-electron chi connectivity index (χ1n) is 7.74. The summed E-state index contributed by atoms with van der Waals surface area (Å²) < 4.78 is 10.7. The fourth-order valence-electron chi connectivity index (χ4n) is 2.40. The highest BCUT2D eigenvalue weighted by atomic mass is 16.5. The molecule has 0 radical (unpaired) electrons. The lowest BCUT2D eigenvalue weighted by molar-refractivity contribution is -0.116. The Bertz CT molecular complexity index is 563. The van der Waals surface area contributed by atoms with Gasteiger partial charge in [-0.05, 0) is 25.8 Å². The van der Waals surface area contributed by atoms with E-state index < -0.39 is 0 Å². The van der Waals surface area contributed by atoms with E-state index in [0.29, 0.717) is 19.8 Å². The van der Waals surface area contributed by atoms with Gasteiger partial charge in [-0.25, -0.2) is 0 Å². The molecule has 1 aromatic rings. The van der Waals surface area contributed by atoms with Gasteiger partial charge < -0.3 is 19.5 Å². The second-order valence-electron chi connectivity index (χ2n) is 5.72. The molecular weight excluding hydrogens is 298 g/mol. The standard InChI is InChI=1S/C16H23N3O4/c1-4-15(20)17-10-11(2)19(3)16(21)13-9-14(23-18-13)12-5-7-22-8-6-12/h4,9,11-12H,1,5-8,10H2,2-3H3,(H,17,20). The Labute approximate surface area is 135 Å². The molecule has 0 aromatic carbocycles. The van der Waals surface area contributed by atoms with Gasteiger partial charge >= 0.3 is 0 Å². The van der Waals surface area contributed by atoms with Crippen molar-refractivity contribution in [3.8, 4) is 0 Å². The minimum atomic E-state index is -0.263. The normalized spacial score (nSPS) is 16.6. The highest BCUT2D eigenvalue weighted by Gasteiger charge is 2.25. The van der Waals surface area contributed by atoms with Gasteiger partial charge in [-0.2, -0.15) is 0 Å². The summed E-state index contributed by atoms with van der Waals surface area (Å²) in [5.41, 5.74) is 0.288. The van der Waals surface area contributed by atoms with Gasteiger partial charge in [0.05, 0.1) is 0 Å². The lowest BCUT2D eigenvalue weighted by atomic mass is 9.97. The number of hydrogen-bond donors (Lipinski definition) is 1. The van der Waals surface area contributed by atoms with E-state index in [1.54, 1.807) is 13.1 Å². The van der Waals surface area contributed by atoms with Crippen molar-refractivity contribution >= 4 is 11.8 Å². The van der Waals surface area contributed by atoms with Crippen LogP contribution in [-0.2, 0) is 9.53 Å². The molecular formula is C16H23N3O4. The van der Waals surface area contributed by atoms with Crippen LogP contribution in [0.15, 0.2) is 23.2 Å². The molecule has 2 amide bonds. The van der Waals surface area contributed by atoms with Crippen LogP contribution in [0.25, 0.3) is 0 Å². The number of nitrogens with zero attached hydrogens (tertiary/aromatic N) is 2. The highest BCUT2D eigenvalue weighted by molar-refractivity contribution is 5.92. The monoisotopic (exact) mass is 321 g/mol. The summed E-state index contributed by atoms with van der Waals surface area (Å²) >= 11 is 0.